The zero-order valence-electron chi connectivity index (χ0n) is 11.0. The van der Waals surface area contributed by atoms with Crippen LogP contribution in [0.5, 0.6) is 5.75 Å². The van der Waals surface area contributed by atoms with E-state index in [-0.39, 0.29) is 17.0 Å². The lowest BCUT2D eigenvalue weighted by Crippen LogP contribution is -2.06. The molecule has 0 aliphatic heterocycles. The Balaban J connectivity index is 2.10. The number of ether oxygens (including phenoxy) is 1. The van der Waals surface area contributed by atoms with Crippen molar-refractivity contribution in [2.45, 2.75) is 13.5 Å². The van der Waals surface area contributed by atoms with E-state index in [1.807, 2.05) is 6.92 Å². The lowest BCUT2D eigenvalue weighted by atomic mass is 10.3. The molecule has 0 saturated heterocycles. The summed E-state index contributed by atoms with van der Waals surface area (Å²) < 4.78 is 28.3. The summed E-state index contributed by atoms with van der Waals surface area (Å²) in [6.45, 7) is -0.319. The molecule has 21 heavy (non-hydrogen) atoms. The third kappa shape index (κ3) is 4.67. The summed E-state index contributed by atoms with van der Waals surface area (Å²) in [5, 5.41) is 5.85. The van der Waals surface area contributed by atoms with Crippen molar-refractivity contribution < 1.29 is 13.5 Å². The van der Waals surface area contributed by atoms with Crippen molar-refractivity contribution in [3.8, 4) is 5.75 Å². The molecule has 112 valence electrons. The van der Waals surface area contributed by atoms with Crippen molar-refractivity contribution in [3.05, 3.63) is 29.5 Å². The van der Waals surface area contributed by atoms with Gasteiger partial charge in [0.2, 0.25) is 17.2 Å². The Hall–Kier alpha value is -2.22. The zero-order valence-corrected chi connectivity index (χ0v) is 11.7. The number of nitrogens with zero attached hydrogens (tertiary/aromatic N) is 3. The highest BCUT2D eigenvalue weighted by atomic mass is 35.5. The standard InChI is InChI=1S/C12H12ClF2N5O/c1-2-16-11-18-9(13)19-12(20-11)17-7-3-5-8(6-4-7)21-10(14)15/h3-6,10H,2H2,1H3,(H2,16,17,18,19,20). The molecule has 0 aliphatic carbocycles. The van der Waals surface area contributed by atoms with Crippen molar-refractivity contribution in [1.82, 2.24) is 15.0 Å². The largest absolute Gasteiger partial charge is 0.435 e. The monoisotopic (exact) mass is 315 g/mol. The van der Waals surface area contributed by atoms with Gasteiger partial charge in [0.15, 0.2) is 0 Å². The van der Waals surface area contributed by atoms with E-state index in [4.69, 9.17) is 11.6 Å². The number of benzene rings is 1. The van der Waals surface area contributed by atoms with Gasteiger partial charge in [-0.05, 0) is 42.8 Å². The van der Waals surface area contributed by atoms with E-state index in [1.54, 1.807) is 12.1 Å². The van der Waals surface area contributed by atoms with E-state index in [9.17, 15) is 8.78 Å². The molecule has 0 unspecified atom stereocenters. The Kier molecular flexibility index (Phi) is 5.04. The number of alkyl halides is 2. The predicted octanol–water partition coefficient (Wildman–Crippen LogP) is 3.30. The summed E-state index contributed by atoms with van der Waals surface area (Å²) in [5.41, 5.74) is 0.598. The summed E-state index contributed by atoms with van der Waals surface area (Å²) in [5.74, 6) is 0.656. The Bertz CT molecular complexity index is 597. The van der Waals surface area contributed by atoms with Crippen LogP contribution in [0.4, 0.5) is 26.4 Å². The molecule has 2 rings (SSSR count). The third-order valence-corrected chi connectivity index (χ3v) is 2.45. The van der Waals surface area contributed by atoms with Crippen molar-refractivity contribution >= 4 is 29.2 Å². The number of nitrogens with one attached hydrogen (secondary N) is 2. The molecule has 0 spiro atoms. The van der Waals surface area contributed by atoms with E-state index in [0.717, 1.165) is 0 Å². The molecule has 0 aliphatic rings. The first kappa shape index (κ1) is 15.2. The van der Waals surface area contributed by atoms with E-state index in [2.05, 4.69) is 30.3 Å². The normalized spacial score (nSPS) is 10.5. The number of hydrogen-bond acceptors (Lipinski definition) is 6. The maximum Gasteiger partial charge on any atom is 0.387 e. The van der Waals surface area contributed by atoms with Gasteiger partial charge in [-0.2, -0.15) is 23.7 Å². The quantitative estimate of drug-likeness (QED) is 0.852. The summed E-state index contributed by atoms with van der Waals surface area (Å²) in [6.07, 6.45) is 0. The maximum atomic E-state index is 12.0. The molecule has 2 aromatic rings. The highest BCUT2D eigenvalue weighted by Gasteiger charge is 2.06. The number of halogens is 3. The smallest absolute Gasteiger partial charge is 0.387 e. The van der Waals surface area contributed by atoms with Crippen LogP contribution in [0.2, 0.25) is 5.28 Å². The molecule has 1 aromatic carbocycles. The molecule has 6 nitrogen and oxygen atoms in total. The van der Waals surface area contributed by atoms with Gasteiger partial charge in [0.05, 0.1) is 0 Å². The van der Waals surface area contributed by atoms with Crippen LogP contribution < -0.4 is 15.4 Å². The molecular formula is C12H12ClF2N5O. The van der Waals surface area contributed by atoms with Crippen LogP contribution in [-0.4, -0.2) is 28.1 Å². The average Bonchev–Trinajstić information content (AvgIpc) is 2.40. The molecule has 1 aromatic heterocycles. The van der Waals surface area contributed by atoms with E-state index in [1.165, 1.54) is 12.1 Å². The molecule has 0 fully saturated rings. The highest BCUT2D eigenvalue weighted by molar-refractivity contribution is 6.28. The average molecular weight is 316 g/mol. The van der Waals surface area contributed by atoms with Gasteiger partial charge in [-0.15, -0.1) is 0 Å². The Morgan fingerprint density at radius 1 is 1.14 bits per heavy atom. The Labute approximate surface area is 124 Å². The first-order valence-electron chi connectivity index (χ1n) is 6.04. The van der Waals surface area contributed by atoms with Crippen LogP contribution >= 0.6 is 11.6 Å². The van der Waals surface area contributed by atoms with Gasteiger partial charge in [-0.25, -0.2) is 0 Å². The van der Waals surface area contributed by atoms with Crippen molar-refractivity contribution in [2.75, 3.05) is 17.2 Å². The molecule has 1 heterocycles. The molecule has 0 saturated carbocycles. The Morgan fingerprint density at radius 2 is 1.81 bits per heavy atom. The third-order valence-electron chi connectivity index (χ3n) is 2.28. The maximum absolute atomic E-state index is 12.0. The van der Waals surface area contributed by atoms with Crippen molar-refractivity contribution in [1.29, 1.82) is 0 Å². The highest BCUT2D eigenvalue weighted by Crippen LogP contribution is 2.20. The van der Waals surface area contributed by atoms with Gasteiger partial charge >= 0.3 is 6.61 Å². The van der Waals surface area contributed by atoms with Gasteiger partial charge in [-0.3, -0.25) is 0 Å². The van der Waals surface area contributed by atoms with Crippen molar-refractivity contribution in [3.63, 3.8) is 0 Å². The topological polar surface area (TPSA) is 72.0 Å². The minimum atomic E-state index is -2.85. The SMILES string of the molecule is CCNc1nc(Cl)nc(Nc2ccc(OC(F)F)cc2)n1. The lowest BCUT2D eigenvalue weighted by molar-refractivity contribution is -0.0498. The minimum absolute atomic E-state index is 0.0427. The van der Waals surface area contributed by atoms with Gasteiger partial charge in [0.1, 0.15) is 5.75 Å². The number of rotatable bonds is 6. The molecule has 0 radical (unpaired) electrons. The zero-order chi connectivity index (χ0) is 15.2. The molecule has 0 atom stereocenters. The van der Waals surface area contributed by atoms with Crippen LogP contribution in [0.1, 0.15) is 6.92 Å². The van der Waals surface area contributed by atoms with Crippen LogP contribution in [0.15, 0.2) is 24.3 Å². The minimum Gasteiger partial charge on any atom is -0.435 e. The summed E-state index contributed by atoms with van der Waals surface area (Å²) in [4.78, 5) is 11.9. The fourth-order valence-electron chi connectivity index (χ4n) is 1.49. The molecule has 2 N–H and O–H groups in total. The van der Waals surface area contributed by atoms with Gasteiger partial charge in [0, 0.05) is 12.2 Å². The van der Waals surface area contributed by atoms with E-state index in [0.29, 0.717) is 18.2 Å². The number of hydrogen-bond donors (Lipinski definition) is 2. The number of aromatic nitrogens is 3. The van der Waals surface area contributed by atoms with Gasteiger partial charge < -0.3 is 15.4 Å². The second-order valence-corrected chi connectivity index (χ2v) is 4.15. The van der Waals surface area contributed by atoms with Crippen LogP contribution in [0.3, 0.4) is 0 Å². The summed E-state index contributed by atoms with van der Waals surface area (Å²) >= 11 is 5.79. The Morgan fingerprint density at radius 3 is 2.43 bits per heavy atom. The predicted molar refractivity (Wildman–Crippen MR) is 75.4 cm³/mol. The van der Waals surface area contributed by atoms with E-state index < -0.39 is 6.61 Å². The first-order chi connectivity index (χ1) is 10.1. The fourth-order valence-corrected chi connectivity index (χ4v) is 1.65. The summed E-state index contributed by atoms with van der Waals surface area (Å²) in [7, 11) is 0. The summed E-state index contributed by atoms with van der Waals surface area (Å²) in [6, 6.07) is 5.93. The van der Waals surface area contributed by atoms with Crippen LogP contribution in [0.25, 0.3) is 0 Å². The molecular weight excluding hydrogens is 304 g/mol. The van der Waals surface area contributed by atoms with Gasteiger partial charge in [0.25, 0.3) is 0 Å². The van der Waals surface area contributed by atoms with Crippen molar-refractivity contribution in [2.24, 2.45) is 0 Å². The molecule has 0 amide bonds. The second-order valence-electron chi connectivity index (χ2n) is 3.81. The van der Waals surface area contributed by atoms with Crippen LogP contribution in [-0.2, 0) is 0 Å². The van der Waals surface area contributed by atoms with Gasteiger partial charge in [-0.1, -0.05) is 0 Å². The second kappa shape index (κ2) is 6.98. The molecule has 0 bridgehead atoms. The fraction of sp³-hybridized carbons (Fsp3) is 0.250. The van der Waals surface area contributed by atoms with Crippen LogP contribution in [0, 0.1) is 0 Å². The van der Waals surface area contributed by atoms with E-state index >= 15 is 0 Å². The molecule has 9 heteroatoms. The lowest BCUT2D eigenvalue weighted by Gasteiger charge is -2.08. The first-order valence-corrected chi connectivity index (χ1v) is 6.42. The number of anilines is 3.